The van der Waals surface area contributed by atoms with Gasteiger partial charge in [0, 0.05) is 12.6 Å². The highest BCUT2D eigenvalue weighted by Gasteiger charge is 2.34. The quantitative estimate of drug-likeness (QED) is 0.766. The van der Waals surface area contributed by atoms with Gasteiger partial charge in [-0.3, -0.25) is 4.79 Å². The van der Waals surface area contributed by atoms with E-state index in [9.17, 15) is 4.79 Å². The summed E-state index contributed by atoms with van der Waals surface area (Å²) in [4.78, 5) is 12.2. The van der Waals surface area contributed by atoms with Crippen molar-refractivity contribution >= 4 is 5.91 Å². The predicted octanol–water partition coefficient (Wildman–Crippen LogP) is 1.33. The van der Waals surface area contributed by atoms with Crippen LogP contribution in [0.1, 0.15) is 37.8 Å². The van der Waals surface area contributed by atoms with Gasteiger partial charge in [0.05, 0.1) is 5.54 Å². The lowest BCUT2D eigenvalue weighted by molar-refractivity contribution is -0.128. The first kappa shape index (κ1) is 14.0. The first-order valence-electron chi connectivity index (χ1n) is 6.96. The number of rotatable bonds is 4. The maximum Gasteiger partial charge on any atom is 0.240 e. The molecule has 104 valence electrons. The molecule has 1 aliphatic heterocycles. The predicted molar refractivity (Wildman–Crippen MR) is 76.6 cm³/mol. The van der Waals surface area contributed by atoms with Gasteiger partial charge < -0.3 is 16.4 Å². The van der Waals surface area contributed by atoms with E-state index < -0.39 is 5.54 Å². The molecule has 2 rings (SSSR count). The van der Waals surface area contributed by atoms with Crippen molar-refractivity contribution in [1.82, 2.24) is 10.6 Å². The van der Waals surface area contributed by atoms with Crippen molar-refractivity contribution in [1.29, 1.82) is 0 Å². The number of nitrogens with two attached hydrogens (primary N) is 1. The molecule has 0 spiro atoms. The fourth-order valence-electron chi connectivity index (χ4n) is 2.47. The first-order chi connectivity index (χ1) is 9.12. The Hall–Kier alpha value is -1.39. The third-order valence-corrected chi connectivity index (χ3v) is 3.83. The Kier molecular flexibility index (Phi) is 4.56. The Morgan fingerprint density at radius 3 is 2.79 bits per heavy atom. The van der Waals surface area contributed by atoms with Crippen LogP contribution in [0.2, 0.25) is 0 Å². The van der Waals surface area contributed by atoms with Crippen LogP contribution in [0, 0.1) is 0 Å². The number of carbonyl (C=O) groups is 1. The number of hydrogen-bond donors (Lipinski definition) is 3. The fraction of sp³-hybridized carbons (Fsp3) is 0.533. The molecule has 4 N–H and O–H groups in total. The smallest absolute Gasteiger partial charge is 0.240 e. The average Bonchev–Trinajstić information content (AvgIpc) is 2.46. The summed E-state index contributed by atoms with van der Waals surface area (Å²) in [7, 11) is 0. The summed E-state index contributed by atoms with van der Waals surface area (Å²) < 4.78 is 0. The molecule has 4 nitrogen and oxygen atoms in total. The molecule has 0 bridgehead atoms. The van der Waals surface area contributed by atoms with Gasteiger partial charge >= 0.3 is 0 Å². The first-order valence-corrected chi connectivity index (χ1v) is 6.96. The molecule has 1 aliphatic rings. The summed E-state index contributed by atoms with van der Waals surface area (Å²) in [6.45, 7) is 3.35. The highest BCUT2D eigenvalue weighted by atomic mass is 16.2. The van der Waals surface area contributed by atoms with Crippen molar-refractivity contribution in [3.05, 3.63) is 35.9 Å². The van der Waals surface area contributed by atoms with Gasteiger partial charge in [-0.25, -0.2) is 0 Å². The van der Waals surface area contributed by atoms with Gasteiger partial charge in [-0.15, -0.1) is 0 Å². The van der Waals surface area contributed by atoms with Crippen LogP contribution >= 0.6 is 0 Å². The zero-order valence-electron chi connectivity index (χ0n) is 11.5. The molecule has 1 fully saturated rings. The van der Waals surface area contributed by atoms with Crippen molar-refractivity contribution in [3.8, 4) is 0 Å². The van der Waals surface area contributed by atoms with Crippen LogP contribution in [0.25, 0.3) is 0 Å². The van der Waals surface area contributed by atoms with Gasteiger partial charge in [0.25, 0.3) is 0 Å². The summed E-state index contributed by atoms with van der Waals surface area (Å²) in [5.41, 5.74) is 6.69. The number of piperidine rings is 1. The second kappa shape index (κ2) is 6.17. The molecule has 1 saturated heterocycles. The third-order valence-electron chi connectivity index (χ3n) is 3.83. The zero-order valence-corrected chi connectivity index (χ0v) is 11.5. The van der Waals surface area contributed by atoms with E-state index in [-0.39, 0.29) is 11.9 Å². The largest absolute Gasteiger partial charge is 0.353 e. The lowest BCUT2D eigenvalue weighted by atomic mass is 9.90. The molecule has 0 aromatic heterocycles. The third kappa shape index (κ3) is 3.55. The van der Waals surface area contributed by atoms with E-state index in [2.05, 4.69) is 10.6 Å². The van der Waals surface area contributed by atoms with Crippen molar-refractivity contribution in [2.45, 2.75) is 37.8 Å². The second-order valence-electron chi connectivity index (χ2n) is 5.44. The minimum atomic E-state index is -0.436. The van der Waals surface area contributed by atoms with Crippen LogP contribution in [-0.4, -0.2) is 24.5 Å². The molecular weight excluding hydrogens is 238 g/mol. The van der Waals surface area contributed by atoms with Crippen molar-refractivity contribution in [2.75, 3.05) is 13.1 Å². The van der Waals surface area contributed by atoms with E-state index >= 15 is 0 Å². The fourth-order valence-corrected chi connectivity index (χ4v) is 2.47. The molecule has 19 heavy (non-hydrogen) atoms. The van der Waals surface area contributed by atoms with Gasteiger partial charge in [-0.1, -0.05) is 30.3 Å². The molecule has 2 unspecified atom stereocenters. The highest BCUT2D eigenvalue weighted by molar-refractivity contribution is 5.86. The molecule has 1 aromatic carbocycles. The van der Waals surface area contributed by atoms with Crippen molar-refractivity contribution < 1.29 is 4.79 Å². The number of hydrogen-bond acceptors (Lipinski definition) is 3. The second-order valence-corrected chi connectivity index (χ2v) is 5.44. The van der Waals surface area contributed by atoms with Crippen LogP contribution < -0.4 is 16.4 Å². The Bertz CT molecular complexity index is 413. The summed E-state index contributed by atoms with van der Waals surface area (Å²) in [5.74, 6) is 0.0542. The molecule has 0 aliphatic carbocycles. The molecule has 1 amide bonds. The van der Waals surface area contributed by atoms with Gasteiger partial charge in [0.2, 0.25) is 5.91 Å². The van der Waals surface area contributed by atoms with E-state index in [0.29, 0.717) is 6.54 Å². The number of benzene rings is 1. The van der Waals surface area contributed by atoms with Gasteiger partial charge in [0.15, 0.2) is 0 Å². The maximum absolute atomic E-state index is 12.2. The number of carbonyl (C=O) groups excluding carboxylic acids is 1. The lowest BCUT2D eigenvalue weighted by Crippen LogP contribution is -2.57. The van der Waals surface area contributed by atoms with E-state index in [1.807, 2.05) is 37.3 Å². The average molecular weight is 261 g/mol. The SMILES string of the molecule is CC1(C(=O)NCC(N)c2ccccc2)CCCCN1. The molecule has 1 heterocycles. The minimum absolute atomic E-state index is 0.0542. The Morgan fingerprint density at radius 2 is 2.16 bits per heavy atom. The Balaban J connectivity index is 1.86. The molecule has 0 radical (unpaired) electrons. The molecule has 1 aromatic rings. The summed E-state index contributed by atoms with van der Waals surface area (Å²) in [6.07, 6.45) is 3.13. The van der Waals surface area contributed by atoms with Crippen LogP contribution in [0.3, 0.4) is 0 Å². The number of nitrogens with one attached hydrogen (secondary N) is 2. The van der Waals surface area contributed by atoms with Crippen LogP contribution in [0.5, 0.6) is 0 Å². The Labute approximate surface area is 114 Å². The lowest BCUT2D eigenvalue weighted by Gasteiger charge is -2.33. The van der Waals surface area contributed by atoms with E-state index in [1.54, 1.807) is 0 Å². The molecule has 4 heteroatoms. The maximum atomic E-state index is 12.2. The van der Waals surface area contributed by atoms with E-state index in [0.717, 1.165) is 31.4 Å². The highest BCUT2D eigenvalue weighted by Crippen LogP contribution is 2.19. The molecular formula is C15H23N3O. The van der Waals surface area contributed by atoms with Gasteiger partial charge in [-0.2, -0.15) is 0 Å². The van der Waals surface area contributed by atoms with Crippen molar-refractivity contribution in [3.63, 3.8) is 0 Å². The normalized spacial score (nSPS) is 24.7. The van der Waals surface area contributed by atoms with Crippen LogP contribution in [-0.2, 0) is 4.79 Å². The molecule has 0 saturated carbocycles. The van der Waals surface area contributed by atoms with Crippen molar-refractivity contribution in [2.24, 2.45) is 5.73 Å². The summed E-state index contributed by atoms with van der Waals surface area (Å²) in [6, 6.07) is 9.69. The minimum Gasteiger partial charge on any atom is -0.353 e. The standard InChI is InChI=1S/C15H23N3O/c1-15(9-5-6-10-18-15)14(19)17-11-13(16)12-7-3-2-4-8-12/h2-4,7-8,13,18H,5-6,9-11,16H2,1H3,(H,17,19). The zero-order chi connectivity index (χ0) is 13.7. The van der Waals surface area contributed by atoms with E-state index in [1.165, 1.54) is 0 Å². The van der Waals surface area contributed by atoms with Crippen LogP contribution in [0.15, 0.2) is 30.3 Å². The topological polar surface area (TPSA) is 67.2 Å². The summed E-state index contributed by atoms with van der Waals surface area (Å²) >= 11 is 0. The number of amides is 1. The van der Waals surface area contributed by atoms with Gasteiger partial charge in [0.1, 0.15) is 0 Å². The monoisotopic (exact) mass is 261 g/mol. The van der Waals surface area contributed by atoms with E-state index in [4.69, 9.17) is 5.73 Å². The van der Waals surface area contributed by atoms with Crippen LogP contribution in [0.4, 0.5) is 0 Å². The molecule has 2 atom stereocenters. The summed E-state index contributed by atoms with van der Waals surface area (Å²) in [5, 5.41) is 6.27. The Morgan fingerprint density at radius 1 is 1.42 bits per heavy atom. The van der Waals surface area contributed by atoms with Gasteiger partial charge in [-0.05, 0) is 38.3 Å².